The van der Waals surface area contributed by atoms with Gasteiger partial charge in [-0.1, -0.05) is 177 Å². The van der Waals surface area contributed by atoms with E-state index in [4.69, 9.17) is 44.2 Å². The van der Waals surface area contributed by atoms with Crippen LogP contribution in [-0.2, 0) is 39.2 Å². The van der Waals surface area contributed by atoms with E-state index in [2.05, 4.69) is 124 Å². The van der Waals surface area contributed by atoms with Gasteiger partial charge in [-0.25, -0.2) is 9.78 Å². The van der Waals surface area contributed by atoms with Crippen molar-refractivity contribution in [3.05, 3.63) is 171 Å². The van der Waals surface area contributed by atoms with E-state index in [-0.39, 0.29) is 42.5 Å². The molecule has 4 N–H and O–H groups in total. The molecule has 0 saturated carbocycles. The molecule has 2 aliphatic rings. The van der Waals surface area contributed by atoms with Gasteiger partial charge >= 0.3 is 12.4 Å². The summed E-state index contributed by atoms with van der Waals surface area (Å²) in [7, 11) is -6.39. The Hall–Kier alpha value is -5.49. The van der Waals surface area contributed by atoms with Crippen LogP contribution in [0, 0.1) is 12.8 Å². The van der Waals surface area contributed by atoms with Gasteiger partial charge in [-0.2, -0.15) is 4.98 Å². The summed E-state index contributed by atoms with van der Waals surface area (Å²) in [5.41, 5.74) is -0.781. The Balaban J connectivity index is 1.06. The number of ether oxygens (including phenoxy) is 2. The Morgan fingerprint density at radius 2 is 1.22 bits per heavy atom. The number of hydrogen-bond acceptors (Lipinski definition) is 13. The quantitative estimate of drug-likeness (QED) is 0.0488. The van der Waals surface area contributed by atoms with Gasteiger partial charge in [-0.15, -0.1) is 0 Å². The summed E-state index contributed by atoms with van der Waals surface area (Å²) in [6, 6.07) is 40.9. The van der Waals surface area contributed by atoms with Crippen molar-refractivity contribution in [1.82, 2.24) is 29.1 Å². The summed E-state index contributed by atoms with van der Waals surface area (Å²) in [4.78, 5) is 66.2. The van der Waals surface area contributed by atoms with Crippen LogP contribution in [0.15, 0.2) is 148 Å². The molecule has 0 bridgehead atoms. The maximum absolute atomic E-state index is 13.4. The summed E-state index contributed by atoms with van der Waals surface area (Å²) in [5, 5.41) is 6.63. The summed E-state index contributed by atoms with van der Waals surface area (Å²) >= 11 is 5.92. The molecule has 0 spiro atoms. The molecule has 0 amide bonds. The number of aryl methyl sites for hydroxylation is 1. The number of anilines is 1. The lowest BCUT2D eigenvalue weighted by Crippen LogP contribution is -2.68. The summed E-state index contributed by atoms with van der Waals surface area (Å²) in [5.74, 6) is 0.595. The first-order valence-corrected chi connectivity index (χ1v) is 32.5. The average Bonchev–Trinajstić information content (AvgIpc) is 4.20. The zero-order valence-electron chi connectivity index (χ0n) is 45.0. The minimum atomic E-state index is -4.21. The van der Waals surface area contributed by atoms with Crippen LogP contribution in [0.4, 0.5) is 5.95 Å². The van der Waals surface area contributed by atoms with E-state index in [0.29, 0.717) is 23.7 Å². The van der Waals surface area contributed by atoms with Crippen LogP contribution in [0.5, 0.6) is 0 Å². The van der Waals surface area contributed by atoms with Crippen LogP contribution in [0.3, 0.4) is 0 Å². The van der Waals surface area contributed by atoms with Crippen LogP contribution in [0.1, 0.15) is 86.3 Å². The number of hydrogen-bond donors (Lipinski definition) is 4. The molecule has 2 fully saturated rings. The molecule has 408 valence electrons. The highest BCUT2D eigenvalue weighted by atomic mass is 32.5. The second-order valence-electron chi connectivity index (χ2n) is 22.4. The predicted octanol–water partition coefficient (Wildman–Crippen LogP) is 6.76. The van der Waals surface area contributed by atoms with Crippen molar-refractivity contribution in [1.29, 1.82) is 0 Å². The van der Waals surface area contributed by atoms with Gasteiger partial charge in [0.15, 0.2) is 11.2 Å². The fourth-order valence-corrected chi connectivity index (χ4v) is 21.6. The Labute approximate surface area is 455 Å². The Kier molecular flexibility index (Phi) is 16.6. The minimum Gasteiger partial charge on any atom is -0.405 e. The molecule has 17 nitrogen and oxygen atoms in total. The van der Waals surface area contributed by atoms with Gasteiger partial charge in [0.05, 0.1) is 31.7 Å². The standard InChI is InChI=1S/C56H70N7O10PSSi2/c1-37(2)32-57-53-59-50-49(52(65)60-53)58-36-63(50)48-31-44(73-77(56(7,8)9,41-26-18-12-19-27-41)42-28-20-13-21-29-42)45(70-48)34-68-74(67,75)72-43-30-47(62-33-38(3)51(64)61-54(62)66)71-46(43)35-69-76(55(4,5)6,39-22-14-10-15-23-39)40-24-16-11-17-25-40/h10-29,33,36-37,43-48H,30-32,34-35H2,1-9H3,(H,67,75)(H,61,64,66)(H2,57,59,60,65)/t43-,44-,45+,46+,47+,48+,74?/m0/s1. The summed E-state index contributed by atoms with van der Waals surface area (Å²) < 4.78 is 44.7. The van der Waals surface area contributed by atoms with Crippen molar-refractivity contribution in [2.75, 3.05) is 25.1 Å². The number of fused-ring (bicyclic) bond motifs is 1. The van der Waals surface area contributed by atoms with Gasteiger partial charge in [0.2, 0.25) is 5.95 Å². The number of benzene rings is 4. The molecule has 7 atom stereocenters. The average molecular weight is 1120 g/mol. The smallest absolute Gasteiger partial charge is 0.330 e. The molecular formula is C56H70N7O10PSSi2. The lowest BCUT2D eigenvalue weighted by Gasteiger charge is -2.45. The summed E-state index contributed by atoms with van der Waals surface area (Å²) in [6.45, 7) is 14.9. The fourth-order valence-electron chi connectivity index (χ4n) is 10.9. The molecule has 1 unspecified atom stereocenters. The zero-order chi connectivity index (χ0) is 54.9. The van der Waals surface area contributed by atoms with Crippen molar-refractivity contribution in [3.63, 3.8) is 0 Å². The SMILES string of the molecule is Cc1cn([C@H]2C[C@H](OP(O)(=S)OC[C@H]3O[C@@H](n4cnc5c(=O)[nH]c(NCC(C)C)nc54)C[C@@H]3O[Si](c3ccccc3)(c3ccccc3)C(C)(C)C)[C@@H](CO[Si](c3ccccc3)(c3ccccc3)C(C)(C)C)O2)c(=O)[nH]c1=O. The Morgan fingerprint density at radius 3 is 1.74 bits per heavy atom. The van der Waals surface area contributed by atoms with Crippen LogP contribution >= 0.6 is 6.72 Å². The molecule has 2 aliphatic heterocycles. The zero-order valence-corrected chi connectivity index (χ0v) is 48.8. The van der Waals surface area contributed by atoms with Gasteiger partial charge in [-0.05, 0) is 55.5 Å². The fraction of sp³-hybridized carbons (Fsp3) is 0.411. The molecule has 2 saturated heterocycles. The molecule has 21 heteroatoms. The van der Waals surface area contributed by atoms with Crippen LogP contribution in [-0.4, -0.2) is 94.8 Å². The highest BCUT2D eigenvalue weighted by Crippen LogP contribution is 2.50. The van der Waals surface area contributed by atoms with E-state index in [1.54, 1.807) is 17.8 Å². The third-order valence-electron chi connectivity index (χ3n) is 14.5. The van der Waals surface area contributed by atoms with Gasteiger partial charge in [0.25, 0.3) is 27.8 Å². The lowest BCUT2D eigenvalue weighted by atomic mass is 10.2. The Bertz CT molecular complexity index is 3290. The molecule has 3 aromatic heterocycles. The first-order valence-electron chi connectivity index (χ1n) is 26.1. The van der Waals surface area contributed by atoms with Crippen molar-refractivity contribution in [2.45, 2.75) is 122 Å². The predicted molar refractivity (Wildman–Crippen MR) is 308 cm³/mol. The van der Waals surface area contributed by atoms with Gasteiger partial charge < -0.3 is 37.6 Å². The third-order valence-corrected chi connectivity index (χ3v) is 26.2. The molecule has 9 rings (SSSR count). The molecular weight excluding hydrogens is 1050 g/mol. The second-order valence-corrected chi connectivity index (χ2v) is 33.8. The topological polar surface area (TPSA) is 206 Å². The molecule has 0 aliphatic carbocycles. The van der Waals surface area contributed by atoms with E-state index >= 15 is 0 Å². The van der Waals surface area contributed by atoms with Crippen molar-refractivity contribution in [2.24, 2.45) is 5.92 Å². The second kappa shape index (κ2) is 22.7. The molecule has 7 aromatic rings. The van der Waals surface area contributed by atoms with Crippen molar-refractivity contribution < 1.29 is 32.3 Å². The molecule has 4 aromatic carbocycles. The van der Waals surface area contributed by atoms with E-state index in [1.807, 2.05) is 72.8 Å². The maximum Gasteiger partial charge on any atom is 0.330 e. The summed E-state index contributed by atoms with van der Waals surface area (Å²) in [6.07, 6.45) is -1.66. The third kappa shape index (κ3) is 11.7. The van der Waals surface area contributed by atoms with Gasteiger partial charge in [-0.3, -0.25) is 28.7 Å². The highest BCUT2D eigenvalue weighted by molar-refractivity contribution is 8.07. The molecule has 0 radical (unpaired) electrons. The first kappa shape index (κ1) is 56.2. The first-order chi connectivity index (χ1) is 36.6. The van der Waals surface area contributed by atoms with E-state index < -0.39 is 82.1 Å². The molecule has 77 heavy (non-hydrogen) atoms. The molecule has 5 heterocycles. The van der Waals surface area contributed by atoms with Crippen molar-refractivity contribution in [3.8, 4) is 0 Å². The van der Waals surface area contributed by atoms with Crippen LogP contribution in [0.25, 0.3) is 11.2 Å². The number of nitrogens with zero attached hydrogens (tertiary/aromatic N) is 4. The Morgan fingerprint density at radius 1 is 0.727 bits per heavy atom. The highest BCUT2D eigenvalue weighted by Gasteiger charge is 2.55. The monoisotopic (exact) mass is 1120 g/mol. The largest absolute Gasteiger partial charge is 0.405 e. The number of nitrogens with one attached hydrogen (secondary N) is 3. The minimum absolute atomic E-state index is 0.00683. The van der Waals surface area contributed by atoms with E-state index in [0.717, 1.165) is 20.7 Å². The number of aromatic nitrogens is 6. The van der Waals surface area contributed by atoms with Crippen LogP contribution in [0.2, 0.25) is 10.1 Å². The van der Waals surface area contributed by atoms with Crippen LogP contribution < -0.4 is 42.9 Å². The normalized spacial score (nSPS) is 21.2. The number of aromatic amines is 2. The lowest BCUT2D eigenvalue weighted by molar-refractivity contribution is -0.0490. The number of H-pyrrole nitrogens is 2. The van der Waals surface area contributed by atoms with E-state index in [1.165, 1.54) is 10.8 Å². The van der Waals surface area contributed by atoms with Crippen molar-refractivity contribution >= 4 is 73.0 Å². The number of rotatable bonds is 19. The van der Waals surface area contributed by atoms with Gasteiger partial charge in [0.1, 0.15) is 24.7 Å². The van der Waals surface area contributed by atoms with Gasteiger partial charge in [0, 0.05) is 31.1 Å². The van der Waals surface area contributed by atoms with E-state index in [9.17, 15) is 19.3 Å². The maximum atomic E-state index is 13.4. The number of imidazole rings is 1.